The van der Waals surface area contributed by atoms with Crippen molar-refractivity contribution >= 4 is 31.3 Å². The summed E-state index contributed by atoms with van der Waals surface area (Å²) in [6.45, 7) is 0. The molecule has 0 bridgehead atoms. The van der Waals surface area contributed by atoms with Gasteiger partial charge in [0.25, 0.3) is 0 Å². The highest BCUT2D eigenvalue weighted by atomic mass is 31.2. The molecule has 20 heteroatoms. The van der Waals surface area contributed by atoms with Gasteiger partial charge < -0.3 is 18.1 Å². The first-order chi connectivity index (χ1) is 11.3. The van der Waals surface area contributed by atoms with Crippen LogP contribution in [0, 0.1) is 0 Å². The zero-order valence-electron chi connectivity index (χ0n) is 11.8. The predicted molar refractivity (Wildman–Crippen MR) is 77.1 cm³/mol. The topological polar surface area (TPSA) is 267 Å². The van der Waals surface area contributed by atoms with Crippen LogP contribution >= 0.6 is 31.3 Å². The van der Waals surface area contributed by atoms with Gasteiger partial charge in [0.1, 0.15) is 0 Å². The van der Waals surface area contributed by atoms with Gasteiger partial charge in [-0.2, -0.15) is 0 Å². The van der Waals surface area contributed by atoms with Crippen LogP contribution < -0.4 is 18.1 Å². The van der Waals surface area contributed by atoms with Crippen molar-refractivity contribution in [1.29, 1.82) is 0 Å². The van der Waals surface area contributed by atoms with Crippen LogP contribution in [0.2, 0.25) is 0 Å². The van der Waals surface area contributed by atoms with Crippen LogP contribution in [0.15, 0.2) is 12.1 Å². The zero-order chi connectivity index (χ0) is 20.6. The molecule has 0 aliphatic rings. The fourth-order valence-corrected chi connectivity index (χ4v) is 2.92. The molecule has 0 heterocycles. The SMILES string of the molecule is O=P(O)(O)Oc1cc(OP(=O)(O)O)c(OP(=O)(O)O)cc1OP(=O)(O)O. The predicted octanol–water partition coefficient (Wildman–Crippen LogP) is -0.427. The number of rotatable bonds is 8. The van der Waals surface area contributed by atoms with Crippen molar-refractivity contribution in [2.24, 2.45) is 0 Å². The molecule has 0 amide bonds. The van der Waals surface area contributed by atoms with Crippen molar-refractivity contribution in [2.75, 3.05) is 0 Å². The Hall–Kier alpha value is -0.980. The molecule has 0 aliphatic carbocycles. The summed E-state index contributed by atoms with van der Waals surface area (Å²) in [6.07, 6.45) is 0. The third kappa shape index (κ3) is 9.10. The first kappa shape index (κ1) is 23.1. The summed E-state index contributed by atoms with van der Waals surface area (Å²) in [5.41, 5.74) is 0. The Morgan fingerprint density at radius 3 is 0.731 bits per heavy atom. The molecule has 26 heavy (non-hydrogen) atoms. The standard InChI is InChI=1S/C6H10O16P4/c7-23(8,9)19-3-1-4(20-24(10,11)12)6(22-26(16,17)18)2-5(3)21-25(13,14)15/h1-2H,(H2,7,8,9)(H2,10,11,12)(H2,13,14,15)(H2,16,17,18). The molecule has 1 aromatic carbocycles. The molecule has 0 atom stereocenters. The van der Waals surface area contributed by atoms with Crippen molar-refractivity contribution in [1.82, 2.24) is 0 Å². The maximum atomic E-state index is 10.9. The smallest absolute Gasteiger partial charge is 0.400 e. The second-order valence-electron chi connectivity index (χ2n) is 4.07. The largest absolute Gasteiger partial charge is 0.524 e. The maximum Gasteiger partial charge on any atom is 0.524 e. The number of benzene rings is 1. The summed E-state index contributed by atoms with van der Waals surface area (Å²) in [4.78, 5) is 70.1. The van der Waals surface area contributed by atoms with E-state index in [-0.39, 0.29) is 12.1 Å². The first-order valence-electron chi connectivity index (χ1n) is 5.53. The molecule has 16 nitrogen and oxygen atoms in total. The molecule has 150 valence electrons. The van der Waals surface area contributed by atoms with Gasteiger partial charge in [-0.1, -0.05) is 0 Å². The van der Waals surface area contributed by atoms with Gasteiger partial charge in [-0.3, -0.25) is 39.1 Å². The molecule has 0 saturated carbocycles. The molecular weight excluding hydrogens is 452 g/mol. The fourth-order valence-electron chi connectivity index (χ4n) is 1.32. The molecule has 0 saturated heterocycles. The van der Waals surface area contributed by atoms with Gasteiger partial charge in [0.15, 0.2) is 23.0 Å². The van der Waals surface area contributed by atoms with Crippen molar-refractivity contribution in [3.8, 4) is 23.0 Å². The van der Waals surface area contributed by atoms with E-state index in [1.165, 1.54) is 0 Å². The van der Waals surface area contributed by atoms with Crippen LogP contribution in [-0.2, 0) is 18.3 Å². The van der Waals surface area contributed by atoms with Crippen molar-refractivity contribution in [3.63, 3.8) is 0 Å². The Bertz CT molecular complexity index is 713. The number of hydrogen-bond acceptors (Lipinski definition) is 8. The highest BCUT2D eigenvalue weighted by molar-refractivity contribution is 7.47. The van der Waals surface area contributed by atoms with Crippen molar-refractivity contribution in [3.05, 3.63) is 12.1 Å². The zero-order valence-corrected chi connectivity index (χ0v) is 15.4. The number of phosphoric acid groups is 4. The Labute approximate surface area is 142 Å². The van der Waals surface area contributed by atoms with E-state index in [0.717, 1.165) is 0 Å². The summed E-state index contributed by atoms with van der Waals surface area (Å²) < 4.78 is 59.7. The highest BCUT2D eigenvalue weighted by Gasteiger charge is 2.31. The number of hydrogen-bond donors (Lipinski definition) is 8. The summed E-state index contributed by atoms with van der Waals surface area (Å²) in [5, 5.41) is 0. The Morgan fingerprint density at radius 1 is 0.462 bits per heavy atom. The number of phosphoric ester groups is 4. The van der Waals surface area contributed by atoms with E-state index < -0.39 is 54.3 Å². The molecule has 0 aromatic heterocycles. The second-order valence-corrected chi connectivity index (χ2v) is 8.73. The van der Waals surface area contributed by atoms with Crippen molar-refractivity contribution in [2.45, 2.75) is 0 Å². The van der Waals surface area contributed by atoms with Gasteiger partial charge in [0.2, 0.25) is 0 Å². The molecule has 0 aliphatic heterocycles. The summed E-state index contributed by atoms with van der Waals surface area (Å²) in [5.74, 6) is -4.82. The lowest BCUT2D eigenvalue weighted by molar-refractivity contribution is 0.255. The molecule has 1 rings (SSSR count). The van der Waals surface area contributed by atoms with Crippen LogP contribution in [0.1, 0.15) is 0 Å². The van der Waals surface area contributed by atoms with Gasteiger partial charge >= 0.3 is 31.3 Å². The molecule has 0 unspecified atom stereocenters. The first-order valence-corrected chi connectivity index (χ1v) is 11.7. The van der Waals surface area contributed by atoms with Crippen molar-refractivity contribution < 1.29 is 75.5 Å². The van der Waals surface area contributed by atoms with Crippen LogP contribution in [0.5, 0.6) is 23.0 Å². The third-order valence-corrected chi connectivity index (χ3v) is 3.62. The van der Waals surface area contributed by atoms with E-state index in [2.05, 4.69) is 18.1 Å². The summed E-state index contributed by atoms with van der Waals surface area (Å²) in [7, 11) is -21.5. The van der Waals surface area contributed by atoms with Gasteiger partial charge in [0, 0.05) is 12.1 Å². The van der Waals surface area contributed by atoms with E-state index >= 15 is 0 Å². The van der Waals surface area contributed by atoms with Crippen LogP contribution in [0.4, 0.5) is 0 Å². The van der Waals surface area contributed by atoms with E-state index in [9.17, 15) is 18.3 Å². The molecular formula is C6H10O16P4. The molecule has 0 radical (unpaired) electrons. The van der Waals surface area contributed by atoms with Crippen LogP contribution in [-0.4, -0.2) is 39.1 Å². The second kappa shape index (κ2) is 7.56. The minimum absolute atomic E-state index is 0.203. The lowest BCUT2D eigenvalue weighted by Gasteiger charge is -2.18. The highest BCUT2D eigenvalue weighted by Crippen LogP contribution is 2.55. The fraction of sp³-hybridized carbons (Fsp3) is 0. The molecule has 0 fully saturated rings. The third-order valence-electron chi connectivity index (χ3n) is 1.88. The van der Waals surface area contributed by atoms with E-state index in [4.69, 9.17) is 39.1 Å². The summed E-state index contributed by atoms with van der Waals surface area (Å²) >= 11 is 0. The van der Waals surface area contributed by atoms with E-state index in [1.807, 2.05) is 0 Å². The quantitative estimate of drug-likeness (QED) is 0.228. The van der Waals surface area contributed by atoms with Gasteiger partial charge in [-0.15, -0.1) is 0 Å². The minimum atomic E-state index is -5.38. The normalized spacial score (nSPS) is 13.2. The molecule has 1 aromatic rings. The van der Waals surface area contributed by atoms with Gasteiger partial charge in [0.05, 0.1) is 0 Å². The molecule has 0 spiro atoms. The molecule has 8 N–H and O–H groups in total. The van der Waals surface area contributed by atoms with Crippen LogP contribution in [0.25, 0.3) is 0 Å². The average Bonchev–Trinajstić information content (AvgIpc) is 2.26. The van der Waals surface area contributed by atoms with Gasteiger partial charge in [-0.25, -0.2) is 18.3 Å². The Balaban J connectivity index is 3.63. The van der Waals surface area contributed by atoms with Crippen LogP contribution in [0.3, 0.4) is 0 Å². The average molecular weight is 462 g/mol. The monoisotopic (exact) mass is 462 g/mol. The van der Waals surface area contributed by atoms with E-state index in [0.29, 0.717) is 0 Å². The summed E-state index contributed by atoms with van der Waals surface area (Å²) in [6, 6.07) is 0.405. The van der Waals surface area contributed by atoms with Gasteiger partial charge in [-0.05, 0) is 0 Å². The minimum Gasteiger partial charge on any atom is -0.400 e. The maximum absolute atomic E-state index is 10.9. The Morgan fingerprint density at radius 2 is 0.615 bits per heavy atom. The Kier molecular flexibility index (Phi) is 6.71. The van der Waals surface area contributed by atoms with E-state index in [1.54, 1.807) is 0 Å². The lowest BCUT2D eigenvalue weighted by Crippen LogP contribution is -2.01. The lowest BCUT2D eigenvalue weighted by atomic mass is 10.3.